The van der Waals surface area contributed by atoms with Gasteiger partial charge in [0.25, 0.3) is 10.1 Å². The summed E-state index contributed by atoms with van der Waals surface area (Å²) in [6.07, 6.45) is -4.80. The maximum absolute atomic E-state index is 12.2. The minimum atomic E-state index is -4.84. The van der Waals surface area contributed by atoms with E-state index in [4.69, 9.17) is 4.55 Å². The minimum absolute atomic E-state index is 0. The summed E-state index contributed by atoms with van der Waals surface area (Å²) in [4.78, 5) is -1.13. The van der Waals surface area contributed by atoms with Crippen molar-refractivity contribution >= 4 is 10.1 Å². The molecule has 80 valence electrons. The Kier molecular flexibility index (Phi) is 4.81. The van der Waals surface area contributed by atoms with Crippen LogP contribution in [0.25, 0.3) is 0 Å². The van der Waals surface area contributed by atoms with Gasteiger partial charge in [-0.25, -0.2) is 0 Å². The fraction of sp³-hybridized carbons (Fsp3) is 0.143. The Labute approximate surface area is 108 Å². The molecule has 0 amide bonds. The second kappa shape index (κ2) is 4.84. The van der Waals surface area contributed by atoms with Gasteiger partial charge in [0.2, 0.25) is 0 Å². The van der Waals surface area contributed by atoms with E-state index >= 15 is 0 Å². The molecule has 0 aliphatic rings. The molecule has 0 fully saturated rings. The van der Waals surface area contributed by atoms with Crippen LogP contribution in [0, 0.1) is 0 Å². The summed E-state index contributed by atoms with van der Waals surface area (Å²) in [7, 11) is -4.84. The van der Waals surface area contributed by atoms with Crippen molar-refractivity contribution in [3.8, 4) is 0 Å². The van der Waals surface area contributed by atoms with Gasteiger partial charge >= 0.3 is 35.7 Å². The zero-order valence-corrected chi connectivity index (χ0v) is 10.4. The van der Waals surface area contributed by atoms with E-state index in [9.17, 15) is 21.6 Å². The fourth-order valence-electron chi connectivity index (χ4n) is 0.926. The molecule has 0 unspecified atom stereocenters. The first-order chi connectivity index (χ1) is 6.23. The summed E-state index contributed by atoms with van der Waals surface area (Å²) >= 11 is 0. The van der Waals surface area contributed by atoms with Crippen LogP contribution in [-0.4, -0.2) is 13.0 Å². The van der Waals surface area contributed by atoms with Crippen molar-refractivity contribution in [2.75, 3.05) is 0 Å². The third kappa shape index (κ3) is 3.76. The number of halogens is 3. The molecule has 0 aromatic heterocycles. The third-order valence-electron chi connectivity index (χ3n) is 1.47. The smallest absolute Gasteiger partial charge is 1.00 e. The predicted molar refractivity (Wildman–Crippen MR) is 42.4 cm³/mol. The maximum Gasteiger partial charge on any atom is 1.00 e. The topological polar surface area (TPSA) is 54.4 Å². The summed E-state index contributed by atoms with van der Waals surface area (Å²) in [5.41, 5.74) is -1.37. The minimum Gasteiger partial charge on any atom is -1.00 e. The first-order valence-electron chi connectivity index (χ1n) is 3.36. The van der Waals surface area contributed by atoms with E-state index in [-0.39, 0.29) is 31.0 Å². The van der Waals surface area contributed by atoms with Crippen LogP contribution in [0.5, 0.6) is 0 Å². The number of rotatable bonds is 1. The van der Waals surface area contributed by atoms with Gasteiger partial charge < -0.3 is 1.43 Å². The van der Waals surface area contributed by atoms with Crippen LogP contribution in [0.15, 0.2) is 29.2 Å². The molecule has 0 saturated heterocycles. The van der Waals surface area contributed by atoms with Gasteiger partial charge in [-0.1, -0.05) is 12.1 Å². The van der Waals surface area contributed by atoms with E-state index in [2.05, 4.69) is 0 Å². The van der Waals surface area contributed by atoms with Crippen molar-refractivity contribution in [3.63, 3.8) is 0 Å². The summed E-state index contributed by atoms with van der Waals surface area (Å²) in [5.74, 6) is 0. The van der Waals surface area contributed by atoms with Crippen molar-refractivity contribution in [1.82, 2.24) is 0 Å². The number of hydrogen-bond acceptors (Lipinski definition) is 2. The molecule has 0 heterocycles. The molecule has 15 heavy (non-hydrogen) atoms. The van der Waals surface area contributed by atoms with E-state index < -0.39 is 26.8 Å². The van der Waals surface area contributed by atoms with Crippen LogP contribution < -0.4 is 29.6 Å². The van der Waals surface area contributed by atoms with E-state index in [1.54, 1.807) is 0 Å². The molecule has 1 N–H and O–H groups in total. The van der Waals surface area contributed by atoms with Crippen molar-refractivity contribution < 1.29 is 57.1 Å². The average molecular weight is 250 g/mol. The Morgan fingerprint density at radius 3 is 2.00 bits per heavy atom. The van der Waals surface area contributed by atoms with Gasteiger partial charge in [-0.3, -0.25) is 4.55 Å². The third-order valence-corrected chi connectivity index (χ3v) is 2.38. The van der Waals surface area contributed by atoms with Crippen LogP contribution in [0.1, 0.15) is 6.99 Å². The van der Waals surface area contributed by atoms with Crippen LogP contribution in [-0.2, 0) is 16.3 Å². The Bertz CT molecular complexity index is 446. The van der Waals surface area contributed by atoms with Gasteiger partial charge in [-0.05, 0) is 12.1 Å². The van der Waals surface area contributed by atoms with Gasteiger partial charge in [0, 0.05) is 0 Å². The molecule has 0 spiro atoms. The Balaban J connectivity index is 0. The molecule has 1 aromatic carbocycles. The molecule has 0 aliphatic heterocycles. The Morgan fingerprint density at radius 2 is 1.67 bits per heavy atom. The second-order valence-electron chi connectivity index (χ2n) is 2.47. The molecule has 1 aromatic rings. The Morgan fingerprint density at radius 1 is 1.20 bits per heavy atom. The van der Waals surface area contributed by atoms with E-state index in [0.29, 0.717) is 12.1 Å². The SMILES string of the molecule is O=S(=O)(O)c1ccccc1C(F)(F)F.[H-].[Na+]. The molecule has 0 aliphatic carbocycles. The second-order valence-corrected chi connectivity index (χ2v) is 3.86. The van der Waals surface area contributed by atoms with Crippen LogP contribution in [0.4, 0.5) is 13.2 Å². The summed E-state index contributed by atoms with van der Waals surface area (Å²) in [5, 5.41) is 0. The zero-order chi connectivity index (χ0) is 11.0. The van der Waals surface area contributed by atoms with Crippen molar-refractivity contribution in [1.29, 1.82) is 0 Å². The molecule has 3 nitrogen and oxygen atoms in total. The van der Waals surface area contributed by atoms with Gasteiger partial charge in [0.15, 0.2) is 0 Å². The normalized spacial score (nSPS) is 12.0. The predicted octanol–water partition coefficient (Wildman–Crippen LogP) is -0.931. The summed E-state index contributed by atoms with van der Waals surface area (Å²) in [6, 6.07) is 3.41. The van der Waals surface area contributed by atoms with Crippen LogP contribution in [0.3, 0.4) is 0 Å². The Hall–Kier alpha value is -0.0800. The van der Waals surface area contributed by atoms with E-state index in [1.165, 1.54) is 0 Å². The first kappa shape index (κ1) is 14.9. The largest absolute Gasteiger partial charge is 1.00 e. The van der Waals surface area contributed by atoms with Gasteiger partial charge in [0.1, 0.15) is 4.90 Å². The number of benzene rings is 1. The van der Waals surface area contributed by atoms with Gasteiger partial charge in [-0.2, -0.15) is 21.6 Å². The monoisotopic (exact) mass is 250 g/mol. The van der Waals surface area contributed by atoms with Crippen molar-refractivity contribution in [2.24, 2.45) is 0 Å². The van der Waals surface area contributed by atoms with Crippen LogP contribution in [0.2, 0.25) is 0 Å². The molecule has 0 radical (unpaired) electrons. The zero-order valence-electron chi connectivity index (χ0n) is 8.62. The van der Waals surface area contributed by atoms with E-state index in [1.807, 2.05) is 0 Å². The molecular formula is C7H6F3NaO3S. The van der Waals surface area contributed by atoms with Crippen molar-refractivity contribution in [2.45, 2.75) is 11.1 Å². The molecule has 0 saturated carbocycles. The fourth-order valence-corrected chi connectivity index (χ4v) is 1.64. The first-order valence-corrected chi connectivity index (χ1v) is 4.80. The molecule has 0 atom stereocenters. The van der Waals surface area contributed by atoms with Crippen LogP contribution >= 0.6 is 0 Å². The standard InChI is InChI=1S/C7H5F3O3S.Na.H/c8-7(9,10)5-3-1-2-4-6(5)14(11,12)13;;/h1-4H,(H,11,12,13);;/q;+1;-1. The molecule has 1 rings (SSSR count). The number of alkyl halides is 3. The quantitative estimate of drug-likeness (QED) is 0.517. The number of hydrogen-bond donors (Lipinski definition) is 1. The van der Waals surface area contributed by atoms with E-state index in [0.717, 1.165) is 12.1 Å². The summed E-state index contributed by atoms with van der Waals surface area (Å²) in [6.45, 7) is 0. The molecule has 0 bridgehead atoms. The maximum atomic E-state index is 12.2. The molecule has 8 heteroatoms. The van der Waals surface area contributed by atoms with Gasteiger partial charge in [-0.15, -0.1) is 0 Å². The van der Waals surface area contributed by atoms with Crippen molar-refractivity contribution in [3.05, 3.63) is 29.8 Å². The van der Waals surface area contributed by atoms with Gasteiger partial charge in [0.05, 0.1) is 5.56 Å². The molecular weight excluding hydrogens is 244 g/mol. The average Bonchev–Trinajstić information content (AvgIpc) is 2.01. The summed E-state index contributed by atoms with van der Waals surface area (Å²) < 4.78 is 66.2.